The topological polar surface area (TPSA) is 64.3 Å². The molecule has 0 heterocycles. The van der Waals surface area contributed by atoms with E-state index in [2.05, 4.69) is 19.2 Å². The van der Waals surface area contributed by atoms with Crippen molar-refractivity contribution in [3.63, 3.8) is 0 Å². The lowest BCUT2D eigenvalue weighted by Crippen LogP contribution is -2.42. The van der Waals surface area contributed by atoms with Crippen molar-refractivity contribution in [1.82, 2.24) is 5.32 Å². The van der Waals surface area contributed by atoms with Crippen LogP contribution in [0.2, 0.25) is 0 Å². The summed E-state index contributed by atoms with van der Waals surface area (Å²) in [6, 6.07) is 0. The third-order valence-corrected chi connectivity index (χ3v) is 2.59. The Morgan fingerprint density at radius 1 is 1.33 bits per heavy atom. The van der Waals surface area contributed by atoms with Crippen LogP contribution in [0.5, 0.6) is 0 Å². The molecule has 0 aliphatic heterocycles. The fraction of sp³-hybridized carbons (Fsp3) is 0.909. The third-order valence-electron chi connectivity index (χ3n) is 2.59. The largest absolute Gasteiger partial charge is 0.361 e. The second kappa shape index (κ2) is 6.20. The highest BCUT2D eigenvalue weighted by atomic mass is 16.5. The number of rotatable bonds is 8. The Morgan fingerprint density at radius 2 is 1.93 bits per heavy atom. The lowest BCUT2D eigenvalue weighted by molar-refractivity contribution is -0.110. The molecule has 4 heteroatoms. The minimum Gasteiger partial charge on any atom is -0.361 e. The number of hydrogen-bond acceptors (Lipinski definition) is 4. The highest BCUT2D eigenvalue weighted by Crippen LogP contribution is 2.13. The van der Waals surface area contributed by atoms with Crippen LogP contribution in [0.1, 0.15) is 40.0 Å². The number of nitrogens with one attached hydrogen (secondary N) is 1. The van der Waals surface area contributed by atoms with Gasteiger partial charge in [0.25, 0.3) is 0 Å². The molecule has 0 aliphatic carbocycles. The van der Waals surface area contributed by atoms with Gasteiger partial charge in [-0.25, -0.2) is 0 Å². The molecule has 0 saturated carbocycles. The van der Waals surface area contributed by atoms with Crippen LogP contribution in [-0.2, 0) is 9.53 Å². The zero-order valence-electron chi connectivity index (χ0n) is 10.3. The molecule has 0 aliphatic rings. The molecule has 0 saturated heterocycles. The summed E-state index contributed by atoms with van der Waals surface area (Å²) in [6.07, 6.45) is 2.77. The Hall–Kier alpha value is -0.450. The molecule has 0 radical (unpaired) electrons. The normalized spacial score (nSPS) is 16.1. The maximum Gasteiger partial charge on any atom is 0.120 e. The van der Waals surface area contributed by atoms with E-state index < -0.39 is 5.72 Å². The highest BCUT2D eigenvalue weighted by molar-refractivity contribution is 5.49. The predicted molar refractivity (Wildman–Crippen MR) is 61.6 cm³/mol. The molecule has 1 atom stereocenters. The minimum atomic E-state index is -0.690. The van der Waals surface area contributed by atoms with Gasteiger partial charge in [-0.2, -0.15) is 0 Å². The first kappa shape index (κ1) is 14.6. The van der Waals surface area contributed by atoms with Crippen molar-refractivity contribution in [3.05, 3.63) is 0 Å². The Balaban J connectivity index is 3.78. The van der Waals surface area contributed by atoms with Crippen LogP contribution in [0, 0.1) is 0 Å². The summed E-state index contributed by atoms with van der Waals surface area (Å²) in [7, 11) is 1.92. The summed E-state index contributed by atoms with van der Waals surface area (Å²) < 4.78 is 5.55. The summed E-state index contributed by atoms with van der Waals surface area (Å²) in [4.78, 5) is 10.2. The van der Waals surface area contributed by atoms with Crippen molar-refractivity contribution in [1.29, 1.82) is 0 Å². The standard InChI is InChI=1S/C11H24N2O2/c1-10(2,13-4)7-9-15-11(3,12)6-5-8-14/h8,13H,5-7,9,12H2,1-4H3. The summed E-state index contributed by atoms with van der Waals surface area (Å²) in [5, 5.41) is 3.19. The third kappa shape index (κ3) is 7.48. The van der Waals surface area contributed by atoms with Crippen LogP contribution < -0.4 is 11.1 Å². The van der Waals surface area contributed by atoms with E-state index in [0.29, 0.717) is 19.4 Å². The van der Waals surface area contributed by atoms with Crippen LogP contribution >= 0.6 is 0 Å². The maximum atomic E-state index is 10.2. The summed E-state index contributed by atoms with van der Waals surface area (Å²) in [6.45, 7) is 6.62. The quantitative estimate of drug-likeness (QED) is 0.470. The molecule has 15 heavy (non-hydrogen) atoms. The maximum absolute atomic E-state index is 10.2. The van der Waals surface area contributed by atoms with Crippen LogP contribution in [-0.4, -0.2) is 31.2 Å². The first-order valence-corrected chi connectivity index (χ1v) is 5.38. The lowest BCUT2D eigenvalue weighted by atomic mass is 10.0. The van der Waals surface area contributed by atoms with Crippen molar-refractivity contribution in [2.24, 2.45) is 5.73 Å². The average Bonchev–Trinajstić information content (AvgIpc) is 2.14. The van der Waals surface area contributed by atoms with Crippen molar-refractivity contribution in [2.75, 3.05) is 13.7 Å². The second-order valence-corrected chi connectivity index (χ2v) is 4.75. The molecule has 0 bridgehead atoms. The van der Waals surface area contributed by atoms with Gasteiger partial charge in [0.1, 0.15) is 12.0 Å². The average molecular weight is 216 g/mol. The van der Waals surface area contributed by atoms with Gasteiger partial charge in [0, 0.05) is 12.0 Å². The fourth-order valence-corrected chi connectivity index (χ4v) is 1.08. The predicted octanol–water partition coefficient (Wildman–Crippen LogP) is 1.05. The fourth-order valence-electron chi connectivity index (χ4n) is 1.08. The summed E-state index contributed by atoms with van der Waals surface area (Å²) in [5.41, 5.74) is 5.24. The molecule has 0 aromatic carbocycles. The van der Waals surface area contributed by atoms with Gasteiger partial charge < -0.3 is 20.6 Å². The first-order chi connectivity index (χ1) is 6.83. The Morgan fingerprint density at radius 3 is 2.40 bits per heavy atom. The van der Waals surface area contributed by atoms with E-state index in [9.17, 15) is 4.79 Å². The molecule has 0 fully saturated rings. The molecule has 0 spiro atoms. The first-order valence-electron chi connectivity index (χ1n) is 5.38. The zero-order chi connectivity index (χ0) is 11.9. The Labute approximate surface area is 92.6 Å². The number of hydrogen-bond donors (Lipinski definition) is 2. The Bertz CT molecular complexity index is 191. The van der Waals surface area contributed by atoms with E-state index in [0.717, 1.165) is 12.7 Å². The summed E-state index contributed by atoms with van der Waals surface area (Å²) >= 11 is 0. The van der Waals surface area contributed by atoms with Gasteiger partial charge in [0.05, 0.1) is 6.61 Å². The molecule has 0 amide bonds. The van der Waals surface area contributed by atoms with E-state index in [1.54, 1.807) is 0 Å². The molecule has 0 aromatic heterocycles. The molecular formula is C11H24N2O2. The van der Waals surface area contributed by atoms with E-state index in [1.807, 2.05) is 14.0 Å². The van der Waals surface area contributed by atoms with Crippen molar-refractivity contribution in [3.8, 4) is 0 Å². The minimum absolute atomic E-state index is 0.0563. The van der Waals surface area contributed by atoms with Crippen molar-refractivity contribution in [2.45, 2.75) is 51.3 Å². The number of carbonyl (C=O) groups is 1. The lowest BCUT2D eigenvalue weighted by Gasteiger charge is -2.28. The smallest absolute Gasteiger partial charge is 0.120 e. The van der Waals surface area contributed by atoms with Crippen LogP contribution in [0.15, 0.2) is 0 Å². The van der Waals surface area contributed by atoms with E-state index in [-0.39, 0.29) is 5.54 Å². The number of aldehydes is 1. The van der Waals surface area contributed by atoms with Gasteiger partial charge >= 0.3 is 0 Å². The molecule has 0 rings (SSSR count). The van der Waals surface area contributed by atoms with Gasteiger partial charge in [-0.15, -0.1) is 0 Å². The van der Waals surface area contributed by atoms with Crippen molar-refractivity contribution >= 4 is 6.29 Å². The SMILES string of the molecule is CNC(C)(C)CCOC(C)(N)CCC=O. The van der Waals surface area contributed by atoms with Gasteiger partial charge in [-0.05, 0) is 40.7 Å². The van der Waals surface area contributed by atoms with Crippen LogP contribution in [0.3, 0.4) is 0 Å². The molecule has 0 aromatic rings. The van der Waals surface area contributed by atoms with Crippen LogP contribution in [0.25, 0.3) is 0 Å². The number of carbonyl (C=O) groups excluding carboxylic acids is 1. The van der Waals surface area contributed by atoms with Crippen LogP contribution in [0.4, 0.5) is 0 Å². The van der Waals surface area contributed by atoms with E-state index in [4.69, 9.17) is 10.5 Å². The molecule has 1 unspecified atom stereocenters. The molecular weight excluding hydrogens is 192 g/mol. The zero-order valence-corrected chi connectivity index (χ0v) is 10.3. The number of nitrogens with two attached hydrogens (primary N) is 1. The highest BCUT2D eigenvalue weighted by Gasteiger charge is 2.20. The monoisotopic (exact) mass is 216 g/mol. The summed E-state index contributed by atoms with van der Waals surface area (Å²) in [5.74, 6) is 0. The molecule has 4 nitrogen and oxygen atoms in total. The number of ether oxygens (including phenoxy) is 1. The van der Waals surface area contributed by atoms with Gasteiger partial charge in [0.2, 0.25) is 0 Å². The van der Waals surface area contributed by atoms with Crippen molar-refractivity contribution < 1.29 is 9.53 Å². The van der Waals surface area contributed by atoms with E-state index >= 15 is 0 Å². The Kier molecular flexibility index (Phi) is 6.02. The van der Waals surface area contributed by atoms with Gasteiger partial charge in [-0.3, -0.25) is 0 Å². The second-order valence-electron chi connectivity index (χ2n) is 4.75. The van der Waals surface area contributed by atoms with Gasteiger partial charge in [0.15, 0.2) is 0 Å². The molecule has 3 N–H and O–H groups in total. The molecule has 90 valence electrons. The van der Waals surface area contributed by atoms with E-state index in [1.165, 1.54) is 0 Å². The van der Waals surface area contributed by atoms with Gasteiger partial charge in [-0.1, -0.05) is 0 Å².